The summed E-state index contributed by atoms with van der Waals surface area (Å²) in [5.41, 5.74) is 0. The Morgan fingerprint density at radius 2 is 0.615 bits per heavy atom. The van der Waals surface area contributed by atoms with Crippen LogP contribution >= 0.6 is 0 Å². The second-order valence-corrected chi connectivity index (χ2v) is 19.2. The lowest BCUT2D eigenvalue weighted by atomic mass is 9.97. The van der Waals surface area contributed by atoms with Crippen LogP contribution in [0.4, 0.5) is 0 Å². The van der Waals surface area contributed by atoms with Gasteiger partial charge in [0.2, 0.25) is 0 Å². The molecule has 21 N–H and O–H groups in total. The highest BCUT2D eigenvalue weighted by molar-refractivity contribution is 4.97. The molecule has 6 rings (SSSR count). The summed E-state index contributed by atoms with van der Waals surface area (Å²) in [6.45, 7) is 3.26. The van der Waals surface area contributed by atoms with Crippen LogP contribution in [0.1, 0.15) is 40.0 Å². The highest BCUT2D eigenvalue weighted by Gasteiger charge is 2.54. The highest BCUT2D eigenvalue weighted by Crippen LogP contribution is 2.33. The van der Waals surface area contributed by atoms with Crippen LogP contribution in [0.3, 0.4) is 0 Å². The van der Waals surface area contributed by atoms with E-state index in [0.717, 1.165) is 6.42 Å². The molecule has 0 aromatic heterocycles. The van der Waals surface area contributed by atoms with Crippen molar-refractivity contribution in [3.05, 3.63) is 0 Å². The van der Waals surface area contributed by atoms with E-state index in [1.807, 2.05) is 20.8 Å². The monoisotopic (exact) mass is 1150 g/mol. The zero-order chi connectivity index (χ0) is 58.3. The standard InChI is InChI=1S/3C15H28O11/c1-2-3-23-5-7-13(10(19)11(20)14(22)24-7)26-15-12(21)9(18)8(17)6(4-16)25-15;1-2-3-23-14-12(22)10(20)13(7(5-17)25-14)26-15-11(21)9(19)8(18)6(4-16)24-15;1-2-3-23-13-11(21)12(7(5-17)24-14(13)22)26-15-10(20)9(19)8(18)6(4-16)25-15/h3*6-22H,2-5H2,1H3. The van der Waals surface area contributed by atoms with Crippen molar-refractivity contribution in [3.8, 4) is 0 Å². The van der Waals surface area contributed by atoms with Gasteiger partial charge in [0, 0.05) is 19.8 Å². The Hall–Kier alpha value is -1.32. The van der Waals surface area contributed by atoms with Crippen molar-refractivity contribution < 1.29 is 164 Å². The molecule has 0 aliphatic carbocycles. The smallest absolute Gasteiger partial charge is 0.187 e. The van der Waals surface area contributed by atoms with Crippen LogP contribution < -0.4 is 0 Å². The van der Waals surface area contributed by atoms with E-state index in [9.17, 15) is 107 Å². The highest BCUT2D eigenvalue weighted by atomic mass is 16.8. The van der Waals surface area contributed by atoms with E-state index in [1.165, 1.54) is 0 Å². The van der Waals surface area contributed by atoms with Crippen molar-refractivity contribution in [3.63, 3.8) is 0 Å². The molecular formula is C45H84O33. The van der Waals surface area contributed by atoms with Gasteiger partial charge in [0.25, 0.3) is 0 Å². The average Bonchev–Trinajstić information content (AvgIpc) is 3.45. The van der Waals surface area contributed by atoms with Crippen LogP contribution in [0.2, 0.25) is 0 Å². The van der Waals surface area contributed by atoms with Crippen LogP contribution in [0.15, 0.2) is 0 Å². The second-order valence-electron chi connectivity index (χ2n) is 19.2. The molecule has 0 aromatic rings. The number of hydrogen-bond donors (Lipinski definition) is 21. The number of hydrogen-bond acceptors (Lipinski definition) is 33. The van der Waals surface area contributed by atoms with Crippen LogP contribution in [0, 0.1) is 0 Å². The maximum Gasteiger partial charge on any atom is 0.187 e. The lowest BCUT2D eigenvalue weighted by Gasteiger charge is -2.46. The fraction of sp³-hybridized carbons (Fsp3) is 1.00. The molecule has 6 saturated heterocycles. The van der Waals surface area contributed by atoms with E-state index in [4.69, 9.17) is 56.8 Å². The molecular weight excluding hydrogens is 1070 g/mol. The van der Waals surface area contributed by atoms with Crippen molar-refractivity contribution in [2.45, 2.75) is 224 Å². The van der Waals surface area contributed by atoms with E-state index in [0.29, 0.717) is 19.4 Å². The quantitative estimate of drug-likeness (QED) is 0.0475. The summed E-state index contributed by atoms with van der Waals surface area (Å²) in [6.07, 6.45) is -41.2. The molecule has 0 aromatic carbocycles. The third-order valence-corrected chi connectivity index (χ3v) is 13.3. The molecule has 0 saturated carbocycles. The Balaban J connectivity index is 0.000000252. The Labute approximate surface area is 447 Å². The molecule has 78 heavy (non-hydrogen) atoms. The van der Waals surface area contributed by atoms with Crippen molar-refractivity contribution in [1.82, 2.24) is 0 Å². The van der Waals surface area contributed by atoms with Crippen LogP contribution in [0.25, 0.3) is 0 Å². The van der Waals surface area contributed by atoms with Crippen LogP contribution in [-0.4, -0.2) is 351 Å². The van der Waals surface area contributed by atoms with Crippen molar-refractivity contribution in [2.75, 3.05) is 59.5 Å². The predicted octanol–water partition coefficient (Wildman–Crippen LogP) is -11.9. The number of aliphatic hydroxyl groups is 21. The molecule has 33 heteroatoms. The van der Waals surface area contributed by atoms with Gasteiger partial charge >= 0.3 is 0 Å². The average molecular weight is 1150 g/mol. The molecule has 30 unspecified atom stereocenters. The summed E-state index contributed by atoms with van der Waals surface area (Å²) in [6, 6.07) is 0. The number of rotatable bonds is 21. The maximum absolute atomic E-state index is 10.5. The van der Waals surface area contributed by atoms with Crippen molar-refractivity contribution in [1.29, 1.82) is 0 Å². The van der Waals surface area contributed by atoms with Gasteiger partial charge in [0.15, 0.2) is 37.7 Å². The SMILES string of the molecule is CCCOC1C(O)OC(CO)C(OC2OC(CO)C(O)C(O)C2O)C1O.CCCOC1OC(CO)C(OC2OC(CO)C(O)C(O)C2O)C(O)C1O.CCCOCC1OC(O)C(O)C(O)C1OC1OC(CO)C(O)C(O)C1O. The summed E-state index contributed by atoms with van der Waals surface area (Å²) in [4.78, 5) is 0. The Bertz CT molecular complexity index is 1580. The summed E-state index contributed by atoms with van der Waals surface area (Å²) in [5.74, 6) is 0. The normalized spacial score (nSPS) is 47.1. The Morgan fingerprint density at radius 1 is 0.282 bits per heavy atom. The van der Waals surface area contributed by atoms with Crippen LogP contribution in [-0.2, 0) is 56.8 Å². The first kappa shape index (κ1) is 69.2. The van der Waals surface area contributed by atoms with E-state index < -0.39 is 217 Å². The number of ether oxygens (including phenoxy) is 12. The first-order valence-electron chi connectivity index (χ1n) is 25.7. The summed E-state index contributed by atoms with van der Waals surface area (Å²) < 4.78 is 63.9. The molecule has 0 radical (unpaired) electrons. The second kappa shape index (κ2) is 33.2. The molecule has 462 valence electrons. The van der Waals surface area contributed by atoms with Gasteiger partial charge in [-0.05, 0) is 19.3 Å². The summed E-state index contributed by atoms with van der Waals surface area (Å²) in [7, 11) is 0. The lowest BCUT2D eigenvalue weighted by Crippen LogP contribution is -2.64. The van der Waals surface area contributed by atoms with Gasteiger partial charge in [-0.2, -0.15) is 0 Å². The van der Waals surface area contributed by atoms with Gasteiger partial charge in [-0.3, -0.25) is 0 Å². The molecule has 6 aliphatic rings. The zero-order valence-corrected chi connectivity index (χ0v) is 43.1. The Kier molecular flexibility index (Phi) is 29.5. The largest absolute Gasteiger partial charge is 0.394 e. The van der Waals surface area contributed by atoms with E-state index >= 15 is 0 Å². The van der Waals surface area contributed by atoms with Gasteiger partial charge in [-0.25, -0.2) is 0 Å². The molecule has 6 heterocycles. The molecule has 33 nitrogen and oxygen atoms in total. The fourth-order valence-electron chi connectivity index (χ4n) is 8.82. The molecule has 0 amide bonds. The third kappa shape index (κ3) is 17.2. The molecule has 6 fully saturated rings. The van der Waals surface area contributed by atoms with Gasteiger partial charge in [-0.1, -0.05) is 20.8 Å². The topological polar surface area (TPSA) is 536 Å². The van der Waals surface area contributed by atoms with Crippen LogP contribution in [0.5, 0.6) is 0 Å². The summed E-state index contributed by atoms with van der Waals surface area (Å²) in [5, 5.41) is 206. The minimum Gasteiger partial charge on any atom is -0.394 e. The first-order valence-corrected chi connectivity index (χ1v) is 25.7. The van der Waals surface area contributed by atoms with Crippen molar-refractivity contribution in [2.24, 2.45) is 0 Å². The predicted molar refractivity (Wildman–Crippen MR) is 248 cm³/mol. The zero-order valence-electron chi connectivity index (χ0n) is 43.1. The third-order valence-electron chi connectivity index (χ3n) is 13.3. The Morgan fingerprint density at radius 3 is 1.03 bits per heavy atom. The minimum absolute atomic E-state index is 0.0726. The number of aliphatic hydroxyl groups excluding tert-OH is 21. The molecule has 6 aliphatic heterocycles. The van der Waals surface area contributed by atoms with Crippen molar-refractivity contribution >= 4 is 0 Å². The minimum atomic E-state index is -1.69. The molecule has 30 atom stereocenters. The maximum atomic E-state index is 10.5. The van der Waals surface area contributed by atoms with Gasteiger partial charge in [0.05, 0.1) is 39.6 Å². The molecule has 0 spiro atoms. The van der Waals surface area contributed by atoms with E-state index in [-0.39, 0.29) is 19.8 Å². The lowest BCUT2D eigenvalue weighted by molar-refractivity contribution is -0.359. The fourth-order valence-corrected chi connectivity index (χ4v) is 8.82. The molecule has 0 bridgehead atoms. The van der Waals surface area contributed by atoms with E-state index in [1.54, 1.807) is 0 Å². The van der Waals surface area contributed by atoms with E-state index in [2.05, 4.69) is 0 Å². The summed E-state index contributed by atoms with van der Waals surface area (Å²) >= 11 is 0. The van der Waals surface area contributed by atoms with Gasteiger partial charge in [-0.15, -0.1) is 0 Å². The first-order chi connectivity index (χ1) is 37.0. The van der Waals surface area contributed by atoms with Gasteiger partial charge < -0.3 is 164 Å². The van der Waals surface area contributed by atoms with Gasteiger partial charge in [0.1, 0.15) is 146 Å².